The number of hydrogen-bond donors (Lipinski definition) is 1. The number of benzene rings is 1. The molecule has 0 spiro atoms. The fourth-order valence-corrected chi connectivity index (χ4v) is 4.70. The maximum atomic E-state index is 12.3. The lowest BCUT2D eigenvalue weighted by Gasteiger charge is -2.23. The van der Waals surface area contributed by atoms with Crippen LogP contribution in [-0.4, -0.2) is 34.8 Å². The van der Waals surface area contributed by atoms with Gasteiger partial charge in [-0.1, -0.05) is 48.6 Å². The molecule has 4 rings (SSSR count). The van der Waals surface area contributed by atoms with Crippen LogP contribution in [-0.2, 0) is 11.5 Å². The fourth-order valence-electron chi connectivity index (χ4n) is 3.52. The summed E-state index contributed by atoms with van der Waals surface area (Å²) < 4.78 is 2.66. The van der Waals surface area contributed by atoms with E-state index in [9.17, 15) is 4.79 Å². The lowest BCUT2D eigenvalue weighted by Crippen LogP contribution is -3.11. The van der Waals surface area contributed by atoms with Gasteiger partial charge in [-0.15, -0.1) is 5.10 Å². The van der Waals surface area contributed by atoms with Gasteiger partial charge in [-0.25, -0.2) is 0 Å². The predicted molar refractivity (Wildman–Crippen MR) is 111 cm³/mol. The lowest BCUT2D eigenvalue weighted by molar-refractivity contribution is -0.918. The Balaban J connectivity index is 1.45. The predicted octanol–water partition coefficient (Wildman–Crippen LogP) is 2.91. The van der Waals surface area contributed by atoms with Crippen LogP contribution in [0, 0.1) is 3.95 Å². The summed E-state index contributed by atoms with van der Waals surface area (Å²) in [7, 11) is 0. The maximum absolute atomic E-state index is 12.3. The normalized spacial score (nSPS) is 19.6. The molecular formula is C20H25N4OS2+. The van der Waals surface area contributed by atoms with Gasteiger partial charge >= 0.3 is 0 Å². The molecule has 7 heteroatoms. The Bertz CT molecular complexity index is 898. The standard InChI is InChI=1S/C20H24N4OS2/c1-2-18(25)24(17-8-9-17)19-21-23(20(26)27-19)14-22-12-10-16(11-13-22)15-6-4-3-5-7-15/h3-7,10,17H,2,8-9,11-14H2,1H3/p+1. The molecule has 1 aliphatic carbocycles. The van der Waals surface area contributed by atoms with Gasteiger partial charge in [-0.2, -0.15) is 4.68 Å². The van der Waals surface area contributed by atoms with Crippen LogP contribution in [0.2, 0.25) is 0 Å². The van der Waals surface area contributed by atoms with E-state index in [4.69, 9.17) is 17.3 Å². The summed E-state index contributed by atoms with van der Waals surface area (Å²) in [6.45, 7) is 4.70. The Hall–Kier alpha value is -1.83. The lowest BCUT2D eigenvalue weighted by atomic mass is 10.00. The first-order chi connectivity index (χ1) is 13.2. The van der Waals surface area contributed by atoms with E-state index in [1.807, 2.05) is 16.5 Å². The molecular weight excluding hydrogens is 376 g/mol. The topological polar surface area (TPSA) is 42.6 Å². The zero-order chi connectivity index (χ0) is 18.8. The molecule has 1 aromatic carbocycles. The SMILES string of the molecule is CCC(=O)N(c1nn(C[NH+]2CC=C(c3ccccc3)CC2)c(=S)s1)C1CC1. The summed E-state index contributed by atoms with van der Waals surface area (Å²) in [5.41, 5.74) is 2.75. The van der Waals surface area contributed by atoms with Gasteiger partial charge < -0.3 is 4.90 Å². The Morgan fingerprint density at radius 3 is 2.78 bits per heavy atom. The van der Waals surface area contributed by atoms with Gasteiger partial charge in [0.2, 0.25) is 11.0 Å². The minimum absolute atomic E-state index is 0.147. The third-order valence-corrected chi connectivity index (χ3v) is 6.49. The maximum Gasteiger partial charge on any atom is 0.228 e. The van der Waals surface area contributed by atoms with Crippen LogP contribution in [0.3, 0.4) is 0 Å². The van der Waals surface area contributed by atoms with E-state index in [1.165, 1.54) is 27.4 Å². The monoisotopic (exact) mass is 401 g/mol. The molecule has 2 heterocycles. The van der Waals surface area contributed by atoms with Crippen molar-refractivity contribution in [2.75, 3.05) is 18.0 Å². The number of carbonyl (C=O) groups is 1. The summed E-state index contributed by atoms with van der Waals surface area (Å²) in [6, 6.07) is 10.9. The molecule has 2 aliphatic rings. The first-order valence-electron chi connectivity index (χ1n) is 9.63. The molecule has 1 atom stereocenters. The summed E-state index contributed by atoms with van der Waals surface area (Å²) in [4.78, 5) is 15.6. The van der Waals surface area contributed by atoms with E-state index >= 15 is 0 Å². The number of aromatic nitrogens is 2. The van der Waals surface area contributed by atoms with Crippen LogP contribution in [0.4, 0.5) is 5.13 Å². The minimum Gasteiger partial charge on any atom is -0.313 e. The Morgan fingerprint density at radius 2 is 2.15 bits per heavy atom. The van der Waals surface area contributed by atoms with Crippen molar-refractivity contribution in [1.29, 1.82) is 0 Å². The smallest absolute Gasteiger partial charge is 0.228 e. The second kappa shape index (κ2) is 8.04. The molecule has 1 amide bonds. The number of nitrogens with one attached hydrogen (secondary N) is 1. The number of quaternary nitrogens is 1. The highest BCUT2D eigenvalue weighted by Crippen LogP contribution is 2.33. The van der Waals surface area contributed by atoms with E-state index in [0.29, 0.717) is 12.5 Å². The van der Waals surface area contributed by atoms with E-state index < -0.39 is 0 Å². The molecule has 1 N–H and O–H groups in total. The van der Waals surface area contributed by atoms with Crippen LogP contribution < -0.4 is 9.80 Å². The molecule has 0 radical (unpaired) electrons. The zero-order valence-electron chi connectivity index (χ0n) is 15.6. The Labute approximate surface area is 168 Å². The number of nitrogens with zero attached hydrogens (tertiary/aromatic N) is 3. The number of amides is 1. The van der Waals surface area contributed by atoms with E-state index in [-0.39, 0.29) is 5.91 Å². The molecule has 1 aromatic heterocycles. The van der Waals surface area contributed by atoms with Gasteiger partial charge in [-0.3, -0.25) is 9.69 Å². The average Bonchev–Trinajstić information content (AvgIpc) is 3.47. The van der Waals surface area contributed by atoms with Crippen molar-refractivity contribution in [1.82, 2.24) is 9.78 Å². The third kappa shape index (κ3) is 4.20. The molecule has 0 saturated heterocycles. The average molecular weight is 402 g/mol. The third-order valence-electron chi connectivity index (χ3n) is 5.19. The van der Waals surface area contributed by atoms with Crippen LogP contribution in [0.25, 0.3) is 5.57 Å². The number of hydrogen-bond acceptors (Lipinski definition) is 4. The van der Waals surface area contributed by atoms with Gasteiger partial charge in [-0.05, 0) is 42.3 Å². The van der Waals surface area contributed by atoms with Crippen molar-refractivity contribution < 1.29 is 9.69 Å². The minimum atomic E-state index is 0.147. The zero-order valence-corrected chi connectivity index (χ0v) is 17.2. The van der Waals surface area contributed by atoms with Crippen molar-refractivity contribution in [2.45, 2.75) is 45.3 Å². The van der Waals surface area contributed by atoms with Crippen molar-refractivity contribution in [3.63, 3.8) is 0 Å². The van der Waals surface area contributed by atoms with Gasteiger partial charge in [0.1, 0.15) is 0 Å². The number of carbonyl (C=O) groups excluding carboxylic acids is 1. The highest BCUT2D eigenvalue weighted by atomic mass is 32.1. The van der Waals surface area contributed by atoms with Crippen LogP contribution in [0.1, 0.15) is 38.2 Å². The largest absolute Gasteiger partial charge is 0.313 e. The molecule has 1 unspecified atom stereocenters. The molecule has 1 fully saturated rings. The van der Waals surface area contributed by atoms with E-state index in [0.717, 1.165) is 48.1 Å². The second-order valence-electron chi connectivity index (χ2n) is 7.21. The number of anilines is 1. The summed E-state index contributed by atoms with van der Waals surface area (Å²) >= 11 is 7.01. The van der Waals surface area contributed by atoms with Gasteiger partial charge in [0.25, 0.3) is 0 Å². The molecule has 5 nitrogen and oxygen atoms in total. The van der Waals surface area contributed by atoms with Gasteiger partial charge in [0.05, 0.1) is 13.1 Å². The Kier molecular flexibility index (Phi) is 5.52. The number of rotatable bonds is 6. The molecule has 1 aliphatic heterocycles. The van der Waals surface area contributed by atoms with E-state index in [1.54, 1.807) is 0 Å². The Morgan fingerprint density at radius 1 is 1.37 bits per heavy atom. The first-order valence-corrected chi connectivity index (χ1v) is 10.9. The summed E-state index contributed by atoms with van der Waals surface area (Å²) in [6.07, 6.45) is 6.05. The summed E-state index contributed by atoms with van der Waals surface area (Å²) in [5.74, 6) is 0.147. The van der Waals surface area contributed by atoms with Crippen LogP contribution in [0.15, 0.2) is 36.4 Å². The van der Waals surface area contributed by atoms with Crippen molar-refractivity contribution in [3.8, 4) is 0 Å². The van der Waals surface area contributed by atoms with E-state index in [2.05, 4.69) is 36.4 Å². The molecule has 27 heavy (non-hydrogen) atoms. The van der Waals surface area contributed by atoms with Crippen molar-refractivity contribution in [3.05, 3.63) is 45.9 Å². The molecule has 1 saturated carbocycles. The van der Waals surface area contributed by atoms with Gasteiger partial charge in [0, 0.05) is 18.9 Å². The van der Waals surface area contributed by atoms with Crippen molar-refractivity contribution >= 4 is 40.2 Å². The van der Waals surface area contributed by atoms with Crippen LogP contribution >= 0.6 is 23.6 Å². The second-order valence-corrected chi connectivity index (χ2v) is 8.81. The highest BCUT2D eigenvalue weighted by Gasteiger charge is 2.35. The quantitative estimate of drug-likeness (QED) is 0.757. The summed E-state index contributed by atoms with van der Waals surface area (Å²) in [5, 5.41) is 5.48. The highest BCUT2D eigenvalue weighted by molar-refractivity contribution is 7.73. The van der Waals surface area contributed by atoms with Crippen molar-refractivity contribution in [2.24, 2.45) is 0 Å². The molecule has 142 valence electrons. The first kappa shape index (κ1) is 18.5. The molecule has 2 aromatic rings. The van der Waals surface area contributed by atoms with Gasteiger partial charge in [0.15, 0.2) is 10.6 Å². The van der Waals surface area contributed by atoms with Crippen LogP contribution in [0.5, 0.6) is 0 Å². The fraction of sp³-hybridized carbons (Fsp3) is 0.450. The molecule has 0 bridgehead atoms.